The van der Waals surface area contributed by atoms with Crippen LogP contribution in [-0.2, 0) is 6.54 Å². The Bertz CT molecular complexity index is 723. The molecule has 1 unspecified atom stereocenters. The van der Waals surface area contributed by atoms with Crippen molar-refractivity contribution in [1.82, 2.24) is 19.5 Å². The topological polar surface area (TPSA) is 52.8 Å². The monoisotopic (exact) mass is 308 g/mol. The van der Waals surface area contributed by atoms with Crippen molar-refractivity contribution in [1.29, 1.82) is 0 Å². The number of halogens is 1. The Kier molecular flexibility index (Phi) is 3.58. The minimum atomic E-state index is -0.192. The molecule has 5 nitrogen and oxygen atoms in total. The lowest BCUT2D eigenvalue weighted by molar-refractivity contribution is 0.399. The number of hydrogen-bond donors (Lipinski definition) is 0. The molecule has 3 rings (SSSR count). The molecule has 0 radical (unpaired) electrons. The van der Waals surface area contributed by atoms with Crippen molar-refractivity contribution >= 4 is 34.1 Å². The van der Waals surface area contributed by atoms with Crippen molar-refractivity contribution in [3.8, 4) is 5.88 Å². The first-order valence-corrected chi connectivity index (χ1v) is 7.43. The molecular formula is C13H13ClN4OS. The molecule has 0 fully saturated rings. The van der Waals surface area contributed by atoms with Crippen LogP contribution in [-0.4, -0.2) is 26.6 Å². The maximum atomic E-state index is 6.24. The van der Waals surface area contributed by atoms with Crippen molar-refractivity contribution in [3.63, 3.8) is 0 Å². The van der Waals surface area contributed by atoms with Crippen LogP contribution in [0.4, 0.5) is 0 Å². The molecule has 0 saturated carbocycles. The van der Waals surface area contributed by atoms with Gasteiger partial charge in [-0.25, -0.2) is 4.98 Å². The van der Waals surface area contributed by atoms with Gasteiger partial charge in [-0.2, -0.15) is 4.98 Å². The van der Waals surface area contributed by atoms with Crippen LogP contribution < -0.4 is 4.74 Å². The number of alkyl halides is 1. The molecule has 104 valence electrons. The first-order chi connectivity index (χ1) is 9.69. The van der Waals surface area contributed by atoms with Gasteiger partial charge in [-0.05, 0) is 13.0 Å². The fourth-order valence-corrected chi connectivity index (χ4v) is 2.80. The summed E-state index contributed by atoms with van der Waals surface area (Å²) in [6, 6.07) is 3.70. The summed E-state index contributed by atoms with van der Waals surface area (Å²) in [5.74, 6) is 1.37. The van der Waals surface area contributed by atoms with Crippen molar-refractivity contribution in [2.24, 2.45) is 0 Å². The number of fused-ring (bicyclic) bond motifs is 1. The molecule has 1 atom stereocenters. The van der Waals surface area contributed by atoms with E-state index >= 15 is 0 Å². The third kappa shape index (κ3) is 2.36. The average Bonchev–Trinajstić information content (AvgIpc) is 3.07. The fourth-order valence-electron chi connectivity index (χ4n) is 2.05. The molecule has 0 aliphatic rings. The average molecular weight is 309 g/mol. The van der Waals surface area contributed by atoms with Gasteiger partial charge in [-0.15, -0.1) is 22.9 Å². The summed E-state index contributed by atoms with van der Waals surface area (Å²) in [5.41, 5.74) is 3.41. The highest BCUT2D eigenvalue weighted by atomic mass is 35.5. The molecule has 0 N–H and O–H groups in total. The fraction of sp³-hybridized carbons (Fsp3) is 0.308. The van der Waals surface area contributed by atoms with Gasteiger partial charge < -0.3 is 9.30 Å². The summed E-state index contributed by atoms with van der Waals surface area (Å²) < 4.78 is 7.20. The lowest BCUT2D eigenvalue weighted by atomic mass is 10.4. The van der Waals surface area contributed by atoms with E-state index in [1.807, 2.05) is 29.3 Å². The minimum absolute atomic E-state index is 0.192. The molecule has 7 heteroatoms. The highest BCUT2D eigenvalue weighted by Crippen LogP contribution is 2.26. The Morgan fingerprint density at radius 3 is 2.90 bits per heavy atom. The Labute approximate surface area is 125 Å². The standard InChI is InChI=1S/C13H13ClN4OS/c1-8(14)12-16-10-3-4-11(19-2)17-13(10)18(12)6-9-5-15-7-20-9/h3-5,7-8H,6H2,1-2H3. The lowest BCUT2D eigenvalue weighted by Crippen LogP contribution is -2.05. The van der Waals surface area contributed by atoms with E-state index in [0.717, 1.165) is 21.9 Å². The largest absolute Gasteiger partial charge is 0.481 e. The molecule has 0 aliphatic carbocycles. The van der Waals surface area contributed by atoms with Gasteiger partial charge in [0.15, 0.2) is 5.65 Å². The number of methoxy groups -OCH3 is 1. The maximum Gasteiger partial charge on any atom is 0.215 e. The third-order valence-electron chi connectivity index (χ3n) is 2.96. The van der Waals surface area contributed by atoms with E-state index in [4.69, 9.17) is 16.3 Å². The van der Waals surface area contributed by atoms with Crippen molar-refractivity contribution in [2.45, 2.75) is 18.8 Å². The Morgan fingerprint density at radius 2 is 2.25 bits per heavy atom. The Hall–Kier alpha value is -1.66. The molecule has 0 aliphatic heterocycles. The molecule has 0 saturated heterocycles. The Morgan fingerprint density at radius 1 is 1.40 bits per heavy atom. The molecule has 20 heavy (non-hydrogen) atoms. The van der Waals surface area contributed by atoms with Gasteiger partial charge in [0.2, 0.25) is 5.88 Å². The van der Waals surface area contributed by atoms with Crippen molar-refractivity contribution in [3.05, 3.63) is 34.5 Å². The predicted molar refractivity (Wildman–Crippen MR) is 79.6 cm³/mol. The van der Waals surface area contributed by atoms with Gasteiger partial charge in [0, 0.05) is 17.1 Å². The highest BCUT2D eigenvalue weighted by molar-refractivity contribution is 7.09. The summed E-state index contributed by atoms with van der Waals surface area (Å²) in [5, 5.41) is -0.192. The van der Waals surface area contributed by atoms with Crippen LogP contribution in [0.1, 0.15) is 23.0 Å². The van der Waals surface area contributed by atoms with E-state index in [9.17, 15) is 0 Å². The van der Waals surface area contributed by atoms with E-state index in [0.29, 0.717) is 12.4 Å². The van der Waals surface area contributed by atoms with Gasteiger partial charge >= 0.3 is 0 Å². The van der Waals surface area contributed by atoms with Crippen LogP contribution in [0.25, 0.3) is 11.2 Å². The second kappa shape index (κ2) is 5.38. The molecule has 0 spiro atoms. The van der Waals surface area contributed by atoms with Crippen LogP contribution in [0.5, 0.6) is 5.88 Å². The second-order valence-corrected chi connectivity index (χ2v) is 5.96. The number of hydrogen-bond acceptors (Lipinski definition) is 5. The van der Waals surface area contributed by atoms with E-state index in [1.54, 1.807) is 24.5 Å². The number of rotatable bonds is 4. The summed E-state index contributed by atoms with van der Waals surface area (Å²) >= 11 is 7.84. The summed E-state index contributed by atoms with van der Waals surface area (Å²) in [6.45, 7) is 2.57. The van der Waals surface area contributed by atoms with Gasteiger partial charge in [-0.1, -0.05) is 0 Å². The van der Waals surface area contributed by atoms with Crippen molar-refractivity contribution < 1.29 is 4.74 Å². The SMILES string of the molecule is COc1ccc2nc(C(C)Cl)n(Cc3cncs3)c2n1. The molecule has 3 heterocycles. The highest BCUT2D eigenvalue weighted by Gasteiger charge is 2.17. The molecule has 0 bridgehead atoms. The number of thiazole rings is 1. The minimum Gasteiger partial charge on any atom is -0.481 e. The van der Waals surface area contributed by atoms with Crippen LogP contribution in [0.15, 0.2) is 23.8 Å². The van der Waals surface area contributed by atoms with E-state index in [-0.39, 0.29) is 5.38 Å². The van der Waals surface area contributed by atoms with Crippen LogP contribution in [0.3, 0.4) is 0 Å². The van der Waals surface area contributed by atoms with Gasteiger partial charge in [0.25, 0.3) is 0 Å². The number of pyridine rings is 1. The zero-order valence-corrected chi connectivity index (χ0v) is 12.6. The molecule has 0 aromatic carbocycles. The second-order valence-electron chi connectivity index (χ2n) is 4.34. The van der Waals surface area contributed by atoms with E-state index in [2.05, 4.69) is 15.0 Å². The number of ether oxygens (including phenoxy) is 1. The third-order valence-corrected chi connectivity index (χ3v) is 3.92. The van der Waals surface area contributed by atoms with Gasteiger partial charge in [0.1, 0.15) is 11.3 Å². The summed E-state index contributed by atoms with van der Waals surface area (Å²) in [6.07, 6.45) is 1.85. The summed E-state index contributed by atoms with van der Waals surface area (Å²) in [7, 11) is 1.60. The van der Waals surface area contributed by atoms with Gasteiger partial charge in [0.05, 0.1) is 24.5 Å². The van der Waals surface area contributed by atoms with E-state index < -0.39 is 0 Å². The molecule has 3 aromatic heterocycles. The van der Waals surface area contributed by atoms with Gasteiger partial charge in [-0.3, -0.25) is 4.98 Å². The predicted octanol–water partition coefficient (Wildman–Crippen LogP) is 3.24. The number of aromatic nitrogens is 4. The normalized spacial score (nSPS) is 12.8. The number of nitrogens with zero attached hydrogens (tertiary/aromatic N) is 4. The summed E-state index contributed by atoms with van der Waals surface area (Å²) in [4.78, 5) is 14.3. The van der Waals surface area contributed by atoms with Crippen LogP contribution in [0, 0.1) is 0 Å². The van der Waals surface area contributed by atoms with Crippen molar-refractivity contribution in [2.75, 3.05) is 7.11 Å². The first kappa shape index (κ1) is 13.3. The quantitative estimate of drug-likeness (QED) is 0.694. The van der Waals surface area contributed by atoms with Crippen LogP contribution >= 0.6 is 22.9 Å². The Balaban J connectivity index is 2.16. The smallest absolute Gasteiger partial charge is 0.215 e. The van der Waals surface area contributed by atoms with E-state index in [1.165, 1.54) is 0 Å². The molecule has 3 aromatic rings. The first-order valence-electron chi connectivity index (χ1n) is 6.11. The molecule has 0 amide bonds. The zero-order valence-electron chi connectivity index (χ0n) is 11.1. The molecular weight excluding hydrogens is 296 g/mol. The zero-order chi connectivity index (χ0) is 14.1. The maximum absolute atomic E-state index is 6.24. The lowest BCUT2D eigenvalue weighted by Gasteiger charge is -2.08. The van der Waals surface area contributed by atoms with Crippen LogP contribution in [0.2, 0.25) is 0 Å². The number of imidazole rings is 1.